The van der Waals surface area contributed by atoms with Crippen molar-refractivity contribution < 1.29 is 9.53 Å². The van der Waals surface area contributed by atoms with E-state index < -0.39 is 0 Å². The molecule has 4 aromatic rings. The van der Waals surface area contributed by atoms with Crippen molar-refractivity contribution in [2.24, 2.45) is 0 Å². The number of thiazole rings is 1. The lowest BCUT2D eigenvalue weighted by Crippen LogP contribution is -2.24. The lowest BCUT2D eigenvalue weighted by molar-refractivity contribution is 0.0949. The van der Waals surface area contributed by atoms with Crippen LogP contribution in [0.1, 0.15) is 21.7 Å². The molecular weight excluding hydrogens is 370 g/mol. The van der Waals surface area contributed by atoms with Crippen LogP contribution in [0.3, 0.4) is 0 Å². The van der Waals surface area contributed by atoms with Crippen LogP contribution < -0.4 is 10.1 Å². The number of nitrogens with one attached hydrogen (secondary N) is 1. The molecule has 0 saturated heterocycles. The summed E-state index contributed by atoms with van der Waals surface area (Å²) in [6.07, 6.45) is 0. The number of aromatic nitrogens is 2. The Morgan fingerprint density at radius 3 is 2.71 bits per heavy atom. The van der Waals surface area contributed by atoms with Crippen molar-refractivity contribution in [3.8, 4) is 16.3 Å². The molecule has 0 aliphatic carbocycles. The predicted molar refractivity (Wildman–Crippen MR) is 112 cm³/mol. The van der Waals surface area contributed by atoms with Crippen molar-refractivity contribution in [2.75, 3.05) is 7.11 Å². The number of pyridine rings is 1. The molecule has 1 N–H and O–H groups in total. The molecule has 2 aromatic carbocycles. The van der Waals surface area contributed by atoms with Crippen LogP contribution in [0.15, 0.2) is 60.0 Å². The highest BCUT2D eigenvalue weighted by Crippen LogP contribution is 2.24. The average molecular weight is 389 g/mol. The van der Waals surface area contributed by atoms with Gasteiger partial charge in [-0.25, -0.2) is 4.98 Å². The van der Waals surface area contributed by atoms with E-state index in [9.17, 15) is 4.79 Å². The molecule has 0 bridgehead atoms. The van der Waals surface area contributed by atoms with Gasteiger partial charge in [-0.3, -0.25) is 9.78 Å². The molecule has 6 heteroatoms. The average Bonchev–Trinajstić information content (AvgIpc) is 3.21. The van der Waals surface area contributed by atoms with Crippen LogP contribution in [-0.2, 0) is 6.54 Å². The number of benzene rings is 2. The van der Waals surface area contributed by atoms with Gasteiger partial charge in [0.05, 0.1) is 36.1 Å². The van der Waals surface area contributed by atoms with Crippen LogP contribution in [0.2, 0.25) is 0 Å². The van der Waals surface area contributed by atoms with Crippen LogP contribution in [0, 0.1) is 6.92 Å². The maximum absolute atomic E-state index is 12.7. The molecule has 28 heavy (non-hydrogen) atoms. The Balaban J connectivity index is 1.49. The molecule has 5 nitrogen and oxygen atoms in total. The molecule has 0 aliphatic heterocycles. The Kier molecular flexibility index (Phi) is 5.04. The first-order chi connectivity index (χ1) is 13.6. The van der Waals surface area contributed by atoms with Crippen molar-refractivity contribution in [3.05, 3.63) is 76.9 Å². The highest BCUT2D eigenvalue weighted by molar-refractivity contribution is 7.13. The van der Waals surface area contributed by atoms with E-state index in [4.69, 9.17) is 4.74 Å². The van der Waals surface area contributed by atoms with Gasteiger partial charge in [0.15, 0.2) is 0 Å². The minimum Gasteiger partial charge on any atom is -0.497 e. The van der Waals surface area contributed by atoms with Crippen molar-refractivity contribution in [1.82, 2.24) is 15.3 Å². The molecular formula is C22H19N3O2S. The van der Waals surface area contributed by atoms with Gasteiger partial charge in [0.1, 0.15) is 10.8 Å². The van der Waals surface area contributed by atoms with Gasteiger partial charge in [-0.2, -0.15) is 0 Å². The largest absolute Gasteiger partial charge is 0.497 e. The monoisotopic (exact) mass is 389 g/mol. The van der Waals surface area contributed by atoms with E-state index in [1.807, 2.05) is 66.9 Å². The second-order valence-corrected chi connectivity index (χ2v) is 7.23. The van der Waals surface area contributed by atoms with Gasteiger partial charge < -0.3 is 10.1 Å². The van der Waals surface area contributed by atoms with Gasteiger partial charge in [0.2, 0.25) is 0 Å². The summed E-state index contributed by atoms with van der Waals surface area (Å²) < 4.78 is 5.24. The first kappa shape index (κ1) is 18.1. The molecule has 0 fully saturated rings. The summed E-state index contributed by atoms with van der Waals surface area (Å²) in [5.41, 5.74) is 3.97. The first-order valence-corrected chi connectivity index (χ1v) is 9.75. The normalized spacial score (nSPS) is 10.8. The zero-order valence-electron chi connectivity index (χ0n) is 15.6. The quantitative estimate of drug-likeness (QED) is 0.542. The Morgan fingerprint density at radius 1 is 1.11 bits per heavy atom. The van der Waals surface area contributed by atoms with E-state index in [-0.39, 0.29) is 5.91 Å². The first-order valence-electron chi connectivity index (χ1n) is 8.87. The fourth-order valence-corrected chi connectivity index (χ4v) is 3.79. The fraction of sp³-hybridized carbons (Fsp3) is 0.136. The lowest BCUT2D eigenvalue weighted by Gasteiger charge is -2.09. The van der Waals surface area contributed by atoms with Crippen molar-refractivity contribution >= 4 is 28.1 Å². The third kappa shape index (κ3) is 3.73. The Hall–Kier alpha value is -3.25. The lowest BCUT2D eigenvalue weighted by atomic mass is 10.1. The summed E-state index contributed by atoms with van der Waals surface area (Å²) in [5, 5.41) is 6.77. The minimum atomic E-state index is -0.156. The number of nitrogens with zero attached hydrogens (tertiary/aromatic N) is 2. The van der Waals surface area contributed by atoms with Gasteiger partial charge in [-0.05, 0) is 25.1 Å². The SMILES string of the molecule is COc1ccc2cc(C(=O)NCc3csc(-c4ccccc4)n3)c(C)nc2c1. The summed E-state index contributed by atoms with van der Waals surface area (Å²) in [4.78, 5) is 21.8. The molecule has 1 amide bonds. The Labute approximate surface area is 167 Å². The third-order valence-electron chi connectivity index (χ3n) is 4.46. The molecule has 0 atom stereocenters. The molecule has 0 aliphatic rings. The van der Waals surface area contributed by atoms with Gasteiger partial charge in [-0.15, -0.1) is 11.3 Å². The number of carbonyl (C=O) groups excluding carboxylic acids is 1. The Bertz CT molecular complexity index is 1140. The molecule has 140 valence electrons. The van der Waals surface area contributed by atoms with Crippen LogP contribution >= 0.6 is 11.3 Å². The van der Waals surface area contributed by atoms with Crippen molar-refractivity contribution in [2.45, 2.75) is 13.5 Å². The maximum atomic E-state index is 12.7. The molecule has 0 spiro atoms. The van der Waals surface area contributed by atoms with E-state index in [1.165, 1.54) is 0 Å². The predicted octanol–water partition coefficient (Wildman–Crippen LogP) is 4.61. The number of methoxy groups -OCH3 is 1. The maximum Gasteiger partial charge on any atom is 0.253 e. The summed E-state index contributed by atoms with van der Waals surface area (Å²) in [7, 11) is 1.62. The third-order valence-corrected chi connectivity index (χ3v) is 5.40. The van der Waals surface area contributed by atoms with Gasteiger partial charge in [0.25, 0.3) is 5.91 Å². The van der Waals surface area contributed by atoms with Crippen LogP contribution in [0.25, 0.3) is 21.5 Å². The molecule has 2 aromatic heterocycles. The fourth-order valence-electron chi connectivity index (χ4n) is 2.97. The highest BCUT2D eigenvalue weighted by Gasteiger charge is 2.13. The van der Waals surface area contributed by atoms with E-state index in [1.54, 1.807) is 18.4 Å². The van der Waals surface area contributed by atoms with Gasteiger partial charge in [0, 0.05) is 22.4 Å². The van der Waals surface area contributed by atoms with Crippen LogP contribution in [0.4, 0.5) is 0 Å². The Morgan fingerprint density at radius 2 is 1.93 bits per heavy atom. The molecule has 2 heterocycles. The summed E-state index contributed by atoms with van der Waals surface area (Å²) in [5.74, 6) is 0.589. The van der Waals surface area contributed by atoms with Crippen LogP contribution in [-0.4, -0.2) is 23.0 Å². The topological polar surface area (TPSA) is 64.1 Å². The van der Waals surface area contributed by atoms with Crippen molar-refractivity contribution in [3.63, 3.8) is 0 Å². The van der Waals surface area contributed by atoms with Crippen molar-refractivity contribution in [1.29, 1.82) is 0 Å². The number of hydrogen-bond acceptors (Lipinski definition) is 5. The second kappa shape index (κ2) is 7.78. The van der Waals surface area contributed by atoms with E-state index in [0.717, 1.165) is 32.9 Å². The molecule has 4 rings (SSSR count). The molecule has 0 radical (unpaired) electrons. The summed E-state index contributed by atoms with van der Waals surface area (Å²) >= 11 is 1.57. The smallest absolute Gasteiger partial charge is 0.253 e. The summed E-state index contributed by atoms with van der Waals surface area (Å²) in [6, 6.07) is 17.5. The standard InChI is InChI=1S/C22H19N3O2S/c1-14-19(10-16-8-9-18(27-2)11-20(16)24-14)21(26)23-12-17-13-28-22(25-17)15-6-4-3-5-7-15/h3-11,13H,12H2,1-2H3,(H,23,26). The summed E-state index contributed by atoms with van der Waals surface area (Å²) in [6.45, 7) is 2.21. The van der Waals surface area contributed by atoms with E-state index in [2.05, 4.69) is 15.3 Å². The van der Waals surface area contributed by atoms with E-state index >= 15 is 0 Å². The van der Waals surface area contributed by atoms with Gasteiger partial charge >= 0.3 is 0 Å². The number of fused-ring (bicyclic) bond motifs is 1. The zero-order valence-corrected chi connectivity index (χ0v) is 16.4. The number of hydrogen-bond donors (Lipinski definition) is 1. The number of ether oxygens (including phenoxy) is 1. The highest BCUT2D eigenvalue weighted by atomic mass is 32.1. The minimum absolute atomic E-state index is 0.156. The number of amides is 1. The van der Waals surface area contributed by atoms with Gasteiger partial charge in [-0.1, -0.05) is 30.3 Å². The second-order valence-electron chi connectivity index (χ2n) is 6.37. The molecule has 0 unspecified atom stereocenters. The number of aryl methyl sites for hydroxylation is 1. The zero-order chi connectivity index (χ0) is 19.5. The van der Waals surface area contributed by atoms with E-state index in [0.29, 0.717) is 17.8 Å². The number of carbonyl (C=O) groups is 1. The van der Waals surface area contributed by atoms with Crippen LogP contribution in [0.5, 0.6) is 5.75 Å². The number of rotatable bonds is 5. The molecule has 0 saturated carbocycles.